The maximum absolute atomic E-state index is 12.9. The van der Waals surface area contributed by atoms with Crippen LogP contribution in [0.5, 0.6) is 0 Å². The molecule has 0 atom stereocenters. The molecule has 1 nitrogen and oxygen atoms in total. The van der Waals surface area contributed by atoms with Crippen LogP contribution >= 0.6 is 31.9 Å². The summed E-state index contributed by atoms with van der Waals surface area (Å²) in [4.78, 5) is 3.95. The molecule has 0 saturated carbocycles. The molecule has 1 aromatic heterocycles. The molecule has 0 saturated heterocycles. The van der Waals surface area contributed by atoms with Gasteiger partial charge in [0, 0.05) is 16.2 Å². The van der Waals surface area contributed by atoms with Crippen molar-refractivity contribution in [2.24, 2.45) is 0 Å². The van der Waals surface area contributed by atoms with Gasteiger partial charge >= 0.3 is 6.18 Å². The number of nitrogens with zero attached hydrogens (tertiary/aromatic N) is 1. The maximum atomic E-state index is 12.9. The Hall–Kier alpha value is -0.880. The summed E-state index contributed by atoms with van der Waals surface area (Å²) in [5, 5.41) is 0. The quantitative estimate of drug-likeness (QED) is 0.612. The van der Waals surface area contributed by atoms with Gasteiger partial charge in [0.1, 0.15) is 4.60 Å². The molecule has 2 aromatic rings. The summed E-state index contributed by atoms with van der Waals surface area (Å²) >= 11 is 6.37. The Balaban J connectivity index is 2.68. The molecule has 0 fully saturated rings. The monoisotopic (exact) mass is 379 g/mol. The van der Waals surface area contributed by atoms with Gasteiger partial charge < -0.3 is 0 Å². The van der Waals surface area contributed by atoms with Crippen LogP contribution in [0.15, 0.2) is 45.6 Å². The van der Waals surface area contributed by atoms with Gasteiger partial charge in [-0.2, -0.15) is 13.2 Å². The zero-order valence-electron chi connectivity index (χ0n) is 8.80. The van der Waals surface area contributed by atoms with E-state index in [1.165, 1.54) is 18.3 Å². The normalized spacial score (nSPS) is 11.6. The summed E-state index contributed by atoms with van der Waals surface area (Å²) < 4.78 is 39.8. The van der Waals surface area contributed by atoms with Gasteiger partial charge in [0.25, 0.3) is 0 Å². The van der Waals surface area contributed by atoms with E-state index in [9.17, 15) is 13.2 Å². The maximum Gasteiger partial charge on any atom is 0.417 e. The standard InChI is InChI=1S/C12H6Br2F3N/c13-10-6-18-11(14)5-8(10)7-3-1-2-4-9(7)12(15,16)17/h1-6H. The zero-order valence-corrected chi connectivity index (χ0v) is 12.0. The van der Waals surface area contributed by atoms with Crippen LogP contribution in [0.1, 0.15) is 5.56 Å². The first-order valence-corrected chi connectivity index (χ1v) is 6.46. The van der Waals surface area contributed by atoms with Gasteiger partial charge in [0.15, 0.2) is 0 Å². The molecular weight excluding hydrogens is 375 g/mol. The van der Waals surface area contributed by atoms with Gasteiger partial charge in [-0.3, -0.25) is 0 Å². The van der Waals surface area contributed by atoms with Crippen molar-refractivity contribution in [2.45, 2.75) is 6.18 Å². The topological polar surface area (TPSA) is 12.9 Å². The summed E-state index contributed by atoms with van der Waals surface area (Å²) in [5.74, 6) is 0. The third kappa shape index (κ3) is 2.75. The van der Waals surface area contributed by atoms with Crippen molar-refractivity contribution < 1.29 is 13.2 Å². The van der Waals surface area contributed by atoms with Gasteiger partial charge in [-0.15, -0.1) is 0 Å². The van der Waals surface area contributed by atoms with Gasteiger partial charge in [0.2, 0.25) is 0 Å². The summed E-state index contributed by atoms with van der Waals surface area (Å²) in [6.07, 6.45) is -2.92. The van der Waals surface area contributed by atoms with Crippen LogP contribution < -0.4 is 0 Å². The van der Waals surface area contributed by atoms with Crippen LogP contribution in [-0.4, -0.2) is 4.98 Å². The molecule has 0 spiro atoms. The fourth-order valence-corrected chi connectivity index (χ4v) is 2.35. The minimum atomic E-state index is -4.38. The lowest BCUT2D eigenvalue weighted by atomic mass is 10.0. The fourth-order valence-electron chi connectivity index (χ4n) is 1.58. The number of benzene rings is 1. The number of rotatable bonds is 1. The molecule has 0 unspecified atom stereocenters. The average Bonchev–Trinajstić information content (AvgIpc) is 2.31. The van der Waals surface area contributed by atoms with E-state index in [2.05, 4.69) is 36.8 Å². The van der Waals surface area contributed by atoms with Crippen molar-refractivity contribution in [3.05, 3.63) is 51.2 Å². The number of pyridine rings is 1. The molecule has 0 aliphatic carbocycles. The first-order valence-electron chi connectivity index (χ1n) is 4.87. The third-order valence-corrected chi connectivity index (χ3v) is 3.41. The van der Waals surface area contributed by atoms with Gasteiger partial charge in [-0.1, -0.05) is 18.2 Å². The second-order valence-electron chi connectivity index (χ2n) is 3.53. The second-order valence-corrected chi connectivity index (χ2v) is 5.20. The van der Waals surface area contributed by atoms with Crippen molar-refractivity contribution in [1.82, 2.24) is 4.98 Å². The van der Waals surface area contributed by atoms with Crippen LogP contribution in [-0.2, 0) is 6.18 Å². The Morgan fingerprint density at radius 2 is 1.67 bits per heavy atom. The number of hydrogen-bond acceptors (Lipinski definition) is 1. The molecule has 1 heterocycles. The predicted octanol–water partition coefficient (Wildman–Crippen LogP) is 5.29. The number of aromatic nitrogens is 1. The lowest BCUT2D eigenvalue weighted by Gasteiger charge is -2.13. The van der Waals surface area contributed by atoms with Gasteiger partial charge in [-0.25, -0.2) is 4.98 Å². The summed E-state index contributed by atoms with van der Waals surface area (Å²) in [6.45, 7) is 0. The van der Waals surface area contributed by atoms with Crippen molar-refractivity contribution in [2.75, 3.05) is 0 Å². The molecule has 0 N–H and O–H groups in total. The SMILES string of the molecule is FC(F)(F)c1ccccc1-c1cc(Br)ncc1Br. The minimum absolute atomic E-state index is 0.125. The minimum Gasteiger partial charge on any atom is -0.248 e. The molecule has 0 bridgehead atoms. The lowest BCUT2D eigenvalue weighted by molar-refractivity contribution is -0.137. The number of alkyl halides is 3. The molecule has 2 rings (SSSR count). The van der Waals surface area contributed by atoms with E-state index >= 15 is 0 Å². The molecule has 0 aliphatic rings. The predicted molar refractivity (Wildman–Crippen MR) is 70.1 cm³/mol. The van der Waals surface area contributed by atoms with E-state index in [0.29, 0.717) is 14.6 Å². The zero-order chi connectivity index (χ0) is 13.3. The smallest absolute Gasteiger partial charge is 0.248 e. The van der Waals surface area contributed by atoms with E-state index in [1.807, 2.05) is 0 Å². The molecule has 0 amide bonds. The Labute approximate surface area is 118 Å². The van der Waals surface area contributed by atoms with Crippen molar-refractivity contribution in [1.29, 1.82) is 0 Å². The Morgan fingerprint density at radius 3 is 2.33 bits per heavy atom. The molecule has 6 heteroatoms. The van der Waals surface area contributed by atoms with Crippen LogP contribution in [0.4, 0.5) is 13.2 Å². The summed E-state index contributed by atoms with van der Waals surface area (Å²) in [6, 6.07) is 7.00. The van der Waals surface area contributed by atoms with Crippen LogP contribution in [0.3, 0.4) is 0 Å². The van der Waals surface area contributed by atoms with Crippen LogP contribution in [0.25, 0.3) is 11.1 Å². The van der Waals surface area contributed by atoms with Crippen molar-refractivity contribution in [3.8, 4) is 11.1 Å². The van der Waals surface area contributed by atoms with Crippen LogP contribution in [0, 0.1) is 0 Å². The average molecular weight is 381 g/mol. The van der Waals surface area contributed by atoms with Crippen LogP contribution in [0.2, 0.25) is 0 Å². The van der Waals surface area contributed by atoms with Gasteiger partial charge in [-0.05, 0) is 49.6 Å². The van der Waals surface area contributed by atoms with Crippen molar-refractivity contribution in [3.63, 3.8) is 0 Å². The molecule has 18 heavy (non-hydrogen) atoms. The van der Waals surface area contributed by atoms with E-state index < -0.39 is 11.7 Å². The summed E-state index contributed by atoms with van der Waals surface area (Å²) in [7, 11) is 0. The highest BCUT2D eigenvalue weighted by Gasteiger charge is 2.33. The highest BCUT2D eigenvalue weighted by Crippen LogP contribution is 2.39. The van der Waals surface area contributed by atoms with E-state index in [1.54, 1.807) is 12.1 Å². The third-order valence-electron chi connectivity index (χ3n) is 2.34. The molecule has 94 valence electrons. The lowest BCUT2D eigenvalue weighted by Crippen LogP contribution is -2.07. The molecule has 1 aromatic carbocycles. The van der Waals surface area contributed by atoms with E-state index in [0.717, 1.165) is 6.07 Å². The first kappa shape index (κ1) is 13.5. The van der Waals surface area contributed by atoms with Gasteiger partial charge in [0.05, 0.1) is 5.56 Å². The second kappa shape index (κ2) is 5.01. The number of hydrogen-bond donors (Lipinski definition) is 0. The molecule has 0 aliphatic heterocycles. The van der Waals surface area contributed by atoms with E-state index in [-0.39, 0.29) is 5.56 Å². The fraction of sp³-hybridized carbons (Fsp3) is 0.0833. The highest BCUT2D eigenvalue weighted by atomic mass is 79.9. The molecule has 0 radical (unpaired) electrons. The highest BCUT2D eigenvalue weighted by molar-refractivity contribution is 9.11. The Bertz CT molecular complexity index is 582. The van der Waals surface area contributed by atoms with E-state index in [4.69, 9.17) is 0 Å². The number of halogens is 5. The molecular formula is C12H6Br2F3N. The largest absolute Gasteiger partial charge is 0.417 e. The Kier molecular flexibility index (Phi) is 3.77. The summed E-state index contributed by atoms with van der Waals surface area (Å²) in [5.41, 5.74) is -0.0893. The first-order chi connectivity index (χ1) is 8.39. The van der Waals surface area contributed by atoms with Crippen molar-refractivity contribution >= 4 is 31.9 Å². The Morgan fingerprint density at radius 1 is 1.00 bits per heavy atom.